The van der Waals surface area contributed by atoms with Crippen molar-refractivity contribution in [3.05, 3.63) is 22.2 Å². The van der Waals surface area contributed by atoms with E-state index in [1.807, 2.05) is 6.07 Å². The number of methoxy groups -OCH3 is 1. The SMILES string of the molecule is COc1cc(C2CCNC2)c(O)cc1Br. The van der Waals surface area contributed by atoms with Gasteiger partial charge in [-0.1, -0.05) is 0 Å². The van der Waals surface area contributed by atoms with Crippen molar-refractivity contribution in [1.29, 1.82) is 0 Å². The first kappa shape index (κ1) is 10.8. The van der Waals surface area contributed by atoms with Crippen molar-refractivity contribution in [2.75, 3.05) is 20.2 Å². The molecule has 1 saturated heterocycles. The van der Waals surface area contributed by atoms with E-state index in [9.17, 15) is 5.11 Å². The summed E-state index contributed by atoms with van der Waals surface area (Å²) in [4.78, 5) is 0. The van der Waals surface area contributed by atoms with Crippen LogP contribution < -0.4 is 10.1 Å². The summed E-state index contributed by atoms with van der Waals surface area (Å²) in [6.07, 6.45) is 1.07. The Hall–Kier alpha value is -0.740. The van der Waals surface area contributed by atoms with Crippen molar-refractivity contribution >= 4 is 15.9 Å². The van der Waals surface area contributed by atoms with Gasteiger partial charge in [0.25, 0.3) is 0 Å². The third-order valence-electron chi connectivity index (χ3n) is 2.80. The second-order valence-corrected chi connectivity index (χ2v) is 4.59. The van der Waals surface area contributed by atoms with Crippen molar-refractivity contribution in [3.63, 3.8) is 0 Å². The molecule has 1 atom stereocenters. The number of rotatable bonds is 2. The number of phenols is 1. The van der Waals surface area contributed by atoms with E-state index >= 15 is 0 Å². The van der Waals surface area contributed by atoms with Crippen molar-refractivity contribution < 1.29 is 9.84 Å². The van der Waals surface area contributed by atoms with Gasteiger partial charge in [-0.3, -0.25) is 0 Å². The van der Waals surface area contributed by atoms with Crippen molar-refractivity contribution in [1.82, 2.24) is 5.32 Å². The molecule has 1 unspecified atom stereocenters. The van der Waals surface area contributed by atoms with E-state index in [1.54, 1.807) is 13.2 Å². The largest absolute Gasteiger partial charge is 0.508 e. The van der Waals surface area contributed by atoms with Crippen LogP contribution in [0.4, 0.5) is 0 Å². The molecule has 0 aromatic heterocycles. The summed E-state index contributed by atoms with van der Waals surface area (Å²) in [6, 6.07) is 3.61. The van der Waals surface area contributed by atoms with Crippen LogP contribution in [0.1, 0.15) is 17.9 Å². The van der Waals surface area contributed by atoms with Crippen LogP contribution >= 0.6 is 15.9 Å². The predicted molar refractivity (Wildman–Crippen MR) is 62.6 cm³/mol. The lowest BCUT2D eigenvalue weighted by Crippen LogP contribution is -2.08. The fourth-order valence-corrected chi connectivity index (χ4v) is 2.46. The minimum atomic E-state index is 0.344. The monoisotopic (exact) mass is 271 g/mol. The smallest absolute Gasteiger partial charge is 0.133 e. The number of nitrogens with one attached hydrogen (secondary N) is 1. The van der Waals surface area contributed by atoms with Gasteiger partial charge in [0.15, 0.2) is 0 Å². The Morgan fingerprint density at radius 1 is 1.53 bits per heavy atom. The van der Waals surface area contributed by atoms with Crippen LogP contribution in [0.15, 0.2) is 16.6 Å². The highest BCUT2D eigenvalue weighted by Crippen LogP contribution is 2.37. The molecule has 1 aliphatic rings. The maximum Gasteiger partial charge on any atom is 0.133 e. The number of phenolic OH excluding ortho intramolecular Hbond substituents is 1. The van der Waals surface area contributed by atoms with Gasteiger partial charge >= 0.3 is 0 Å². The molecule has 1 aromatic carbocycles. The Labute approximate surface area is 97.6 Å². The lowest BCUT2D eigenvalue weighted by Gasteiger charge is -2.13. The Bertz CT molecular complexity index is 362. The molecule has 1 fully saturated rings. The molecular formula is C11H14BrNO2. The second-order valence-electron chi connectivity index (χ2n) is 3.74. The summed E-state index contributed by atoms with van der Waals surface area (Å²) in [5.74, 6) is 1.51. The van der Waals surface area contributed by atoms with Crippen molar-refractivity contribution in [2.45, 2.75) is 12.3 Å². The summed E-state index contributed by atoms with van der Waals surface area (Å²) in [5, 5.41) is 13.1. The van der Waals surface area contributed by atoms with E-state index in [0.29, 0.717) is 11.7 Å². The first-order valence-corrected chi connectivity index (χ1v) is 5.78. The van der Waals surface area contributed by atoms with Crippen LogP contribution in [-0.4, -0.2) is 25.3 Å². The molecule has 0 aliphatic carbocycles. The standard InChI is InChI=1S/C11H14BrNO2/c1-15-11-4-8(7-2-3-13-6-7)10(14)5-9(11)12/h4-5,7,13-14H,2-3,6H2,1H3. The summed E-state index contributed by atoms with van der Waals surface area (Å²) in [5.41, 5.74) is 0.972. The van der Waals surface area contributed by atoms with E-state index in [0.717, 1.165) is 35.3 Å². The number of benzene rings is 1. The van der Waals surface area contributed by atoms with E-state index in [4.69, 9.17) is 4.74 Å². The number of ether oxygens (including phenoxy) is 1. The third kappa shape index (κ3) is 2.11. The first-order chi connectivity index (χ1) is 7.22. The van der Waals surface area contributed by atoms with Gasteiger partial charge < -0.3 is 15.2 Å². The molecule has 0 amide bonds. The summed E-state index contributed by atoms with van der Waals surface area (Å²) in [6.45, 7) is 1.95. The lowest BCUT2D eigenvalue weighted by atomic mass is 9.97. The van der Waals surface area contributed by atoms with Gasteiger partial charge in [0.05, 0.1) is 11.6 Å². The zero-order chi connectivity index (χ0) is 10.8. The van der Waals surface area contributed by atoms with Crippen LogP contribution in [0.2, 0.25) is 0 Å². The highest BCUT2D eigenvalue weighted by molar-refractivity contribution is 9.10. The molecule has 4 heteroatoms. The molecule has 3 nitrogen and oxygen atoms in total. The van der Waals surface area contributed by atoms with Gasteiger partial charge in [-0.15, -0.1) is 0 Å². The second kappa shape index (κ2) is 4.41. The Morgan fingerprint density at radius 2 is 2.33 bits per heavy atom. The fraction of sp³-hybridized carbons (Fsp3) is 0.455. The van der Waals surface area contributed by atoms with E-state index in [-0.39, 0.29) is 0 Å². The molecular weight excluding hydrogens is 258 g/mol. The summed E-state index contributed by atoms with van der Waals surface area (Å²) in [7, 11) is 1.63. The minimum absolute atomic E-state index is 0.344. The quantitative estimate of drug-likeness (QED) is 0.867. The number of halogens is 1. The zero-order valence-corrected chi connectivity index (χ0v) is 10.2. The number of hydrogen-bond acceptors (Lipinski definition) is 3. The Morgan fingerprint density at radius 3 is 2.93 bits per heavy atom. The molecule has 1 aromatic rings. The zero-order valence-electron chi connectivity index (χ0n) is 8.59. The van der Waals surface area contributed by atoms with Crippen LogP contribution in [0, 0.1) is 0 Å². The minimum Gasteiger partial charge on any atom is -0.508 e. The van der Waals surface area contributed by atoms with Gasteiger partial charge in [0, 0.05) is 18.0 Å². The van der Waals surface area contributed by atoms with Crippen LogP contribution in [0.25, 0.3) is 0 Å². The molecule has 0 bridgehead atoms. The van der Waals surface area contributed by atoms with Gasteiger partial charge in [-0.05, 0) is 41.0 Å². The van der Waals surface area contributed by atoms with Crippen LogP contribution in [-0.2, 0) is 0 Å². The average molecular weight is 272 g/mol. The molecule has 0 saturated carbocycles. The van der Waals surface area contributed by atoms with Gasteiger partial charge in [0.1, 0.15) is 11.5 Å². The summed E-state index contributed by atoms with van der Waals surface area (Å²) >= 11 is 3.35. The van der Waals surface area contributed by atoms with E-state index in [2.05, 4.69) is 21.2 Å². The van der Waals surface area contributed by atoms with E-state index < -0.39 is 0 Å². The highest BCUT2D eigenvalue weighted by Gasteiger charge is 2.21. The van der Waals surface area contributed by atoms with E-state index in [1.165, 1.54) is 0 Å². The maximum absolute atomic E-state index is 9.86. The molecule has 82 valence electrons. The molecule has 2 rings (SSSR count). The normalized spacial score (nSPS) is 20.5. The number of aromatic hydroxyl groups is 1. The lowest BCUT2D eigenvalue weighted by molar-refractivity contribution is 0.406. The van der Waals surface area contributed by atoms with Crippen molar-refractivity contribution in [3.8, 4) is 11.5 Å². The Balaban J connectivity index is 2.37. The molecule has 1 aliphatic heterocycles. The fourth-order valence-electron chi connectivity index (χ4n) is 1.96. The third-order valence-corrected chi connectivity index (χ3v) is 3.42. The van der Waals surface area contributed by atoms with Crippen LogP contribution in [0.5, 0.6) is 11.5 Å². The van der Waals surface area contributed by atoms with Crippen molar-refractivity contribution in [2.24, 2.45) is 0 Å². The van der Waals surface area contributed by atoms with Crippen LogP contribution in [0.3, 0.4) is 0 Å². The molecule has 0 radical (unpaired) electrons. The predicted octanol–water partition coefficient (Wildman–Crippen LogP) is 2.24. The molecule has 2 N–H and O–H groups in total. The highest BCUT2D eigenvalue weighted by atomic mass is 79.9. The topological polar surface area (TPSA) is 41.5 Å². The molecule has 0 spiro atoms. The summed E-state index contributed by atoms with van der Waals surface area (Å²) < 4.78 is 6.01. The first-order valence-electron chi connectivity index (χ1n) is 4.99. The molecule has 1 heterocycles. The van der Waals surface area contributed by atoms with Gasteiger partial charge in [-0.25, -0.2) is 0 Å². The molecule has 15 heavy (non-hydrogen) atoms. The average Bonchev–Trinajstić information content (AvgIpc) is 2.71. The number of hydrogen-bond donors (Lipinski definition) is 2. The van der Waals surface area contributed by atoms with Gasteiger partial charge in [0.2, 0.25) is 0 Å². The Kier molecular flexibility index (Phi) is 3.17. The van der Waals surface area contributed by atoms with Gasteiger partial charge in [-0.2, -0.15) is 0 Å². The maximum atomic E-state index is 9.86.